The lowest BCUT2D eigenvalue weighted by atomic mass is 9.85. The molecule has 2 heterocycles. The van der Waals surface area contributed by atoms with E-state index in [9.17, 15) is 4.79 Å². The molecule has 1 aromatic carbocycles. The Hall–Kier alpha value is -1.71. The topological polar surface area (TPSA) is 44.4 Å². The Morgan fingerprint density at radius 1 is 1.19 bits per heavy atom. The average molecular weight is 287 g/mol. The van der Waals surface area contributed by atoms with Crippen molar-refractivity contribution in [3.8, 4) is 0 Å². The summed E-state index contributed by atoms with van der Waals surface area (Å²) >= 11 is 0. The standard InChI is InChI=1S/C17H25N3O/c1-11-9-12(2)13(3)20(10-11)17(21)14-5-4-6-15-16(14)19-8-7-18-15/h4-6,11-13,18-19H,7-10H2,1-3H3. The van der Waals surface area contributed by atoms with E-state index in [1.54, 1.807) is 0 Å². The lowest BCUT2D eigenvalue weighted by Crippen LogP contribution is -2.49. The molecule has 0 saturated carbocycles. The zero-order valence-electron chi connectivity index (χ0n) is 13.1. The number of nitrogens with one attached hydrogen (secondary N) is 2. The third-order valence-corrected chi connectivity index (χ3v) is 4.90. The van der Waals surface area contributed by atoms with Crippen LogP contribution in [0, 0.1) is 11.8 Å². The van der Waals surface area contributed by atoms with Gasteiger partial charge < -0.3 is 15.5 Å². The molecule has 2 N–H and O–H groups in total. The van der Waals surface area contributed by atoms with Crippen LogP contribution in [0.5, 0.6) is 0 Å². The molecule has 3 unspecified atom stereocenters. The summed E-state index contributed by atoms with van der Waals surface area (Å²) in [6.07, 6.45) is 1.21. The van der Waals surface area contributed by atoms with E-state index in [2.05, 4.69) is 36.3 Å². The number of hydrogen-bond acceptors (Lipinski definition) is 3. The van der Waals surface area contributed by atoms with Crippen LogP contribution in [0.2, 0.25) is 0 Å². The molecular formula is C17H25N3O. The van der Waals surface area contributed by atoms with Crippen molar-refractivity contribution in [1.82, 2.24) is 4.90 Å². The number of likely N-dealkylation sites (tertiary alicyclic amines) is 1. The van der Waals surface area contributed by atoms with E-state index in [1.165, 1.54) is 6.42 Å². The molecule has 2 aliphatic rings. The van der Waals surface area contributed by atoms with Crippen molar-refractivity contribution >= 4 is 17.3 Å². The van der Waals surface area contributed by atoms with Gasteiger partial charge in [-0.05, 0) is 37.3 Å². The van der Waals surface area contributed by atoms with Crippen molar-refractivity contribution in [3.63, 3.8) is 0 Å². The predicted octanol–water partition coefficient (Wildman–Crippen LogP) is 3.03. The number of rotatable bonds is 1. The maximum Gasteiger partial charge on any atom is 0.256 e. The Bertz CT molecular complexity index is 543. The lowest BCUT2D eigenvalue weighted by molar-refractivity contribution is 0.0456. The van der Waals surface area contributed by atoms with Crippen molar-refractivity contribution < 1.29 is 4.79 Å². The van der Waals surface area contributed by atoms with E-state index in [1.807, 2.05) is 18.2 Å². The van der Waals surface area contributed by atoms with Gasteiger partial charge in [0.25, 0.3) is 5.91 Å². The quantitative estimate of drug-likeness (QED) is 0.834. The summed E-state index contributed by atoms with van der Waals surface area (Å²) in [6, 6.07) is 6.25. The smallest absolute Gasteiger partial charge is 0.256 e. The van der Waals surface area contributed by atoms with Crippen molar-refractivity contribution in [1.29, 1.82) is 0 Å². The van der Waals surface area contributed by atoms with Gasteiger partial charge in [0, 0.05) is 25.7 Å². The lowest BCUT2D eigenvalue weighted by Gasteiger charge is -2.41. The minimum atomic E-state index is 0.161. The molecule has 1 saturated heterocycles. The second-order valence-corrected chi connectivity index (χ2v) is 6.60. The molecule has 21 heavy (non-hydrogen) atoms. The molecule has 1 amide bonds. The summed E-state index contributed by atoms with van der Waals surface area (Å²) < 4.78 is 0. The third-order valence-electron chi connectivity index (χ3n) is 4.90. The van der Waals surface area contributed by atoms with Crippen LogP contribution in [0.3, 0.4) is 0 Å². The molecule has 3 rings (SSSR count). The summed E-state index contributed by atoms with van der Waals surface area (Å²) in [6.45, 7) is 9.29. The molecule has 3 atom stereocenters. The predicted molar refractivity (Wildman–Crippen MR) is 86.9 cm³/mol. The first-order valence-electron chi connectivity index (χ1n) is 7.99. The Morgan fingerprint density at radius 3 is 2.76 bits per heavy atom. The highest BCUT2D eigenvalue weighted by Crippen LogP contribution is 2.33. The van der Waals surface area contributed by atoms with E-state index < -0.39 is 0 Å². The van der Waals surface area contributed by atoms with Crippen LogP contribution in [0.25, 0.3) is 0 Å². The summed E-state index contributed by atoms with van der Waals surface area (Å²) in [5, 5.41) is 6.73. The number of fused-ring (bicyclic) bond motifs is 1. The fourth-order valence-corrected chi connectivity index (χ4v) is 3.59. The number of piperidine rings is 1. The first kappa shape index (κ1) is 14.2. The summed E-state index contributed by atoms with van der Waals surface area (Å²) in [5.74, 6) is 1.29. The molecular weight excluding hydrogens is 262 g/mol. The van der Waals surface area contributed by atoms with Crippen LogP contribution < -0.4 is 10.6 Å². The van der Waals surface area contributed by atoms with E-state index in [0.717, 1.165) is 36.6 Å². The van der Waals surface area contributed by atoms with Crippen LogP contribution in [0.4, 0.5) is 11.4 Å². The van der Waals surface area contributed by atoms with Gasteiger partial charge in [-0.2, -0.15) is 0 Å². The third kappa shape index (κ3) is 2.59. The Kier molecular flexibility index (Phi) is 3.79. The van der Waals surface area contributed by atoms with Gasteiger partial charge >= 0.3 is 0 Å². The van der Waals surface area contributed by atoms with Crippen LogP contribution in [0.1, 0.15) is 37.6 Å². The molecule has 1 aromatic rings. The molecule has 4 nitrogen and oxygen atoms in total. The minimum Gasteiger partial charge on any atom is -0.382 e. The first-order chi connectivity index (χ1) is 10.1. The summed E-state index contributed by atoms with van der Waals surface area (Å²) in [4.78, 5) is 15.1. The molecule has 0 bridgehead atoms. The SMILES string of the molecule is CC1CC(C)C(C)N(C(=O)c2cccc3c2NCCN3)C1. The number of para-hydroxylation sites is 1. The van der Waals surface area contributed by atoms with Crippen LogP contribution in [-0.4, -0.2) is 36.5 Å². The van der Waals surface area contributed by atoms with Gasteiger partial charge in [0.1, 0.15) is 0 Å². The molecule has 0 aromatic heterocycles. The fourth-order valence-electron chi connectivity index (χ4n) is 3.59. The fraction of sp³-hybridized carbons (Fsp3) is 0.588. The van der Waals surface area contributed by atoms with Crippen molar-refractivity contribution in [2.75, 3.05) is 30.3 Å². The molecule has 0 aliphatic carbocycles. The highest BCUT2D eigenvalue weighted by molar-refractivity contribution is 6.03. The zero-order chi connectivity index (χ0) is 15.0. The van der Waals surface area contributed by atoms with Gasteiger partial charge in [-0.25, -0.2) is 0 Å². The molecule has 4 heteroatoms. The Labute approximate surface area is 126 Å². The van der Waals surface area contributed by atoms with E-state index in [0.29, 0.717) is 17.9 Å². The number of anilines is 2. The number of benzene rings is 1. The molecule has 1 fully saturated rings. The second-order valence-electron chi connectivity index (χ2n) is 6.60. The van der Waals surface area contributed by atoms with Gasteiger partial charge in [0.05, 0.1) is 16.9 Å². The van der Waals surface area contributed by atoms with Gasteiger partial charge in [-0.15, -0.1) is 0 Å². The largest absolute Gasteiger partial charge is 0.382 e. The van der Waals surface area contributed by atoms with Crippen molar-refractivity contribution in [3.05, 3.63) is 23.8 Å². The summed E-state index contributed by atoms with van der Waals surface area (Å²) in [5.41, 5.74) is 2.80. The normalized spacial score (nSPS) is 28.3. The monoisotopic (exact) mass is 287 g/mol. The number of hydrogen-bond donors (Lipinski definition) is 2. The van der Waals surface area contributed by atoms with Gasteiger partial charge in [0.2, 0.25) is 0 Å². The first-order valence-corrected chi connectivity index (χ1v) is 7.99. The number of carbonyl (C=O) groups is 1. The van der Waals surface area contributed by atoms with Crippen molar-refractivity contribution in [2.24, 2.45) is 11.8 Å². The minimum absolute atomic E-state index is 0.161. The Balaban J connectivity index is 1.91. The Morgan fingerprint density at radius 2 is 1.95 bits per heavy atom. The molecule has 0 radical (unpaired) electrons. The van der Waals surface area contributed by atoms with Gasteiger partial charge in [-0.3, -0.25) is 4.79 Å². The van der Waals surface area contributed by atoms with Crippen LogP contribution in [-0.2, 0) is 0 Å². The van der Waals surface area contributed by atoms with Gasteiger partial charge in [0.15, 0.2) is 0 Å². The van der Waals surface area contributed by atoms with Crippen LogP contribution in [0.15, 0.2) is 18.2 Å². The maximum atomic E-state index is 13.0. The second kappa shape index (κ2) is 5.58. The van der Waals surface area contributed by atoms with E-state index in [-0.39, 0.29) is 5.91 Å². The van der Waals surface area contributed by atoms with Crippen molar-refractivity contribution in [2.45, 2.75) is 33.2 Å². The number of carbonyl (C=O) groups excluding carboxylic acids is 1. The number of nitrogens with zero attached hydrogens (tertiary/aromatic N) is 1. The molecule has 0 spiro atoms. The average Bonchev–Trinajstić information content (AvgIpc) is 2.49. The highest BCUT2D eigenvalue weighted by Gasteiger charge is 2.33. The zero-order valence-corrected chi connectivity index (χ0v) is 13.1. The number of amides is 1. The van der Waals surface area contributed by atoms with E-state index in [4.69, 9.17) is 0 Å². The van der Waals surface area contributed by atoms with Crippen LogP contribution >= 0.6 is 0 Å². The molecule has 114 valence electrons. The highest BCUT2D eigenvalue weighted by atomic mass is 16.2. The molecule has 2 aliphatic heterocycles. The summed E-state index contributed by atoms with van der Waals surface area (Å²) in [7, 11) is 0. The van der Waals surface area contributed by atoms with Gasteiger partial charge in [-0.1, -0.05) is 19.9 Å². The maximum absolute atomic E-state index is 13.0. The van der Waals surface area contributed by atoms with E-state index >= 15 is 0 Å².